The molecule has 2 aromatic rings. The highest BCUT2D eigenvalue weighted by Crippen LogP contribution is 2.59. The summed E-state index contributed by atoms with van der Waals surface area (Å²) in [5, 5.41) is 10.1. The summed E-state index contributed by atoms with van der Waals surface area (Å²) in [6.45, 7) is 4.43. The Kier molecular flexibility index (Phi) is 6.01. The van der Waals surface area contributed by atoms with Crippen LogP contribution in [-0.4, -0.2) is 46.9 Å². The van der Waals surface area contributed by atoms with Crippen LogP contribution in [0.2, 0.25) is 0 Å². The van der Waals surface area contributed by atoms with E-state index in [1.807, 2.05) is 6.07 Å². The zero-order valence-corrected chi connectivity index (χ0v) is 20.6. The van der Waals surface area contributed by atoms with Gasteiger partial charge in [-0.1, -0.05) is 12.1 Å². The second kappa shape index (κ2) is 9.12. The molecule has 0 radical (unpaired) electrons. The minimum atomic E-state index is -0.101. The first-order valence-corrected chi connectivity index (χ1v) is 14.2. The number of fused-ring (bicyclic) bond motifs is 2. The van der Waals surface area contributed by atoms with Crippen LogP contribution in [0.25, 0.3) is 5.57 Å². The number of ether oxygens (including phenoxy) is 2. The van der Waals surface area contributed by atoms with Crippen LogP contribution in [0.4, 0.5) is 0 Å². The topological polar surface area (TPSA) is 43.1 Å². The number of phenols is 1. The minimum absolute atomic E-state index is 0.101. The van der Waals surface area contributed by atoms with E-state index >= 15 is 0 Å². The molecule has 1 atom stereocenters. The van der Waals surface area contributed by atoms with Crippen LogP contribution in [0.3, 0.4) is 0 Å². The molecule has 1 spiro atoms. The van der Waals surface area contributed by atoms with Gasteiger partial charge >= 0.3 is 0 Å². The van der Waals surface area contributed by atoms with E-state index in [1.165, 1.54) is 60.6 Å². The van der Waals surface area contributed by atoms with Crippen molar-refractivity contribution in [2.45, 2.75) is 42.3 Å². The summed E-state index contributed by atoms with van der Waals surface area (Å²) in [5.41, 5.74) is 5.17. The van der Waals surface area contributed by atoms with Gasteiger partial charge in [0.05, 0.1) is 17.2 Å². The molecule has 3 heterocycles. The molecule has 0 amide bonds. The highest BCUT2D eigenvalue weighted by Gasteiger charge is 2.44. The highest BCUT2D eigenvalue weighted by atomic mass is 32.2. The van der Waals surface area contributed by atoms with Crippen LogP contribution >= 0.6 is 23.5 Å². The Morgan fingerprint density at radius 2 is 1.85 bits per heavy atom. The van der Waals surface area contributed by atoms with Crippen LogP contribution in [-0.2, 0) is 0 Å². The fraction of sp³-hybridized carbons (Fsp3) is 0.481. The number of phenolic OH excluding ortho intramolecular Hbond substituents is 1. The summed E-state index contributed by atoms with van der Waals surface area (Å²) in [5.74, 6) is 4.48. The van der Waals surface area contributed by atoms with Crippen LogP contribution in [0.5, 0.6) is 17.2 Å². The lowest BCUT2D eigenvalue weighted by Gasteiger charge is -2.41. The zero-order chi connectivity index (χ0) is 22.3. The van der Waals surface area contributed by atoms with E-state index in [1.54, 1.807) is 17.0 Å². The summed E-state index contributed by atoms with van der Waals surface area (Å²) in [6.07, 6.45) is 5.95. The number of nitrogens with one attached hydrogen (secondary N) is 1. The molecule has 2 aromatic carbocycles. The first-order chi connectivity index (χ1) is 16.2. The first-order valence-electron chi connectivity index (χ1n) is 12.3. The maximum Gasteiger partial charge on any atom is 0.146 e. The lowest BCUT2D eigenvalue weighted by Crippen LogP contribution is -3.10. The van der Waals surface area contributed by atoms with Gasteiger partial charge in [0, 0.05) is 36.0 Å². The predicted octanol–water partition coefficient (Wildman–Crippen LogP) is 4.70. The maximum atomic E-state index is 10.1. The van der Waals surface area contributed by atoms with Gasteiger partial charge in [0.25, 0.3) is 0 Å². The maximum absolute atomic E-state index is 10.1. The average molecular weight is 483 g/mol. The van der Waals surface area contributed by atoms with E-state index < -0.39 is 0 Å². The van der Waals surface area contributed by atoms with Gasteiger partial charge in [-0.2, -0.15) is 0 Å². The summed E-state index contributed by atoms with van der Waals surface area (Å²) >= 11 is 4.27. The van der Waals surface area contributed by atoms with Gasteiger partial charge in [-0.3, -0.25) is 0 Å². The number of hydrogen-bond acceptors (Lipinski definition) is 5. The van der Waals surface area contributed by atoms with E-state index in [0.29, 0.717) is 4.08 Å². The van der Waals surface area contributed by atoms with E-state index in [-0.39, 0.29) is 11.9 Å². The van der Waals surface area contributed by atoms with Crippen molar-refractivity contribution in [1.82, 2.24) is 0 Å². The van der Waals surface area contributed by atoms with Crippen LogP contribution < -0.4 is 14.4 Å². The number of allylic oxidation sites excluding steroid dienone is 1. The van der Waals surface area contributed by atoms with Crippen molar-refractivity contribution in [2.24, 2.45) is 0 Å². The average Bonchev–Trinajstić information content (AvgIpc) is 3.51. The monoisotopic (exact) mass is 482 g/mol. The Hall–Kier alpha value is -1.76. The molecular formula is C27H32NO3S2+. The molecule has 33 heavy (non-hydrogen) atoms. The number of quaternary nitrogens is 1. The Balaban J connectivity index is 1.25. The van der Waals surface area contributed by atoms with Crippen LogP contribution in [0, 0.1) is 0 Å². The summed E-state index contributed by atoms with van der Waals surface area (Å²) < 4.78 is 12.9. The lowest BCUT2D eigenvalue weighted by molar-refractivity contribution is -0.887. The number of thioether (sulfide) groups is 2. The van der Waals surface area contributed by atoms with Gasteiger partial charge in [-0.05, 0) is 60.2 Å². The zero-order valence-electron chi connectivity index (χ0n) is 19.0. The third kappa shape index (κ3) is 4.38. The van der Waals surface area contributed by atoms with E-state index in [2.05, 4.69) is 47.8 Å². The summed E-state index contributed by atoms with van der Waals surface area (Å²) in [4.78, 5) is 1.66. The Bertz CT molecular complexity index is 1040. The molecule has 2 N–H and O–H groups in total. The molecule has 2 fully saturated rings. The molecule has 6 rings (SSSR count). The smallest absolute Gasteiger partial charge is 0.146 e. The standard InChI is InChI=1S/C27H31NO3S2/c29-20-5-8-23-22-9-10-27(32-15-16-33-27)18-24(22)26(31-25(23)17-20)19-3-6-21(7-4-19)30-14-13-28-11-1-2-12-28/h3-8,17,26,29H,1-2,9-16,18H2/p+1. The molecular weight excluding hydrogens is 450 g/mol. The molecule has 0 saturated carbocycles. The predicted molar refractivity (Wildman–Crippen MR) is 137 cm³/mol. The lowest BCUT2D eigenvalue weighted by atomic mass is 9.80. The number of rotatable bonds is 5. The molecule has 1 unspecified atom stereocenters. The van der Waals surface area contributed by atoms with Crippen molar-refractivity contribution in [2.75, 3.05) is 37.7 Å². The summed E-state index contributed by atoms with van der Waals surface area (Å²) in [7, 11) is 0. The first kappa shape index (κ1) is 21.8. The van der Waals surface area contributed by atoms with Gasteiger partial charge in [0.2, 0.25) is 0 Å². The Morgan fingerprint density at radius 1 is 1.06 bits per heavy atom. The molecule has 2 saturated heterocycles. The molecule has 0 bridgehead atoms. The van der Waals surface area contributed by atoms with Crippen molar-refractivity contribution in [3.8, 4) is 17.2 Å². The molecule has 6 heteroatoms. The number of likely N-dealkylation sites (tertiary alicyclic amines) is 1. The van der Waals surface area contributed by atoms with Crippen molar-refractivity contribution >= 4 is 29.1 Å². The summed E-state index contributed by atoms with van der Waals surface area (Å²) in [6, 6.07) is 14.1. The van der Waals surface area contributed by atoms with Crippen LogP contribution in [0.15, 0.2) is 48.0 Å². The molecule has 0 aromatic heterocycles. The van der Waals surface area contributed by atoms with Gasteiger partial charge in [0.1, 0.15) is 36.5 Å². The third-order valence-electron chi connectivity index (χ3n) is 7.49. The van der Waals surface area contributed by atoms with Gasteiger partial charge < -0.3 is 19.5 Å². The molecule has 4 nitrogen and oxygen atoms in total. The number of benzene rings is 2. The molecule has 4 aliphatic rings. The van der Waals surface area contributed by atoms with Gasteiger partial charge in [0.15, 0.2) is 0 Å². The normalized spacial score (nSPS) is 23.9. The second-order valence-electron chi connectivity index (χ2n) is 9.59. The van der Waals surface area contributed by atoms with Crippen molar-refractivity contribution in [1.29, 1.82) is 0 Å². The minimum Gasteiger partial charge on any atom is -0.508 e. The number of aromatic hydroxyl groups is 1. The van der Waals surface area contributed by atoms with Gasteiger partial charge in [-0.25, -0.2) is 0 Å². The molecule has 1 aliphatic carbocycles. The third-order valence-corrected chi connectivity index (χ3v) is 11.0. The van der Waals surface area contributed by atoms with Crippen LogP contribution in [0.1, 0.15) is 49.3 Å². The van der Waals surface area contributed by atoms with Crippen molar-refractivity contribution in [3.05, 3.63) is 59.2 Å². The van der Waals surface area contributed by atoms with E-state index in [4.69, 9.17) is 9.47 Å². The van der Waals surface area contributed by atoms with Crippen molar-refractivity contribution in [3.63, 3.8) is 0 Å². The SMILES string of the molecule is Oc1ccc2c(c1)OC(c1ccc(OCC[NH+]3CCCC3)cc1)C1=C2CCC2(C1)SCCS2. The van der Waals surface area contributed by atoms with E-state index in [9.17, 15) is 5.11 Å². The largest absolute Gasteiger partial charge is 0.508 e. The fourth-order valence-corrected chi connectivity index (χ4v) is 9.02. The fourth-order valence-electron chi connectivity index (χ4n) is 5.77. The Labute approximate surface area is 204 Å². The molecule has 3 aliphatic heterocycles. The van der Waals surface area contributed by atoms with E-state index in [0.717, 1.165) is 43.1 Å². The Morgan fingerprint density at radius 3 is 2.64 bits per heavy atom. The number of hydrogen-bond donors (Lipinski definition) is 2. The second-order valence-corrected chi connectivity index (χ2v) is 12.8. The highest BCUT2D eigenvalue weighted by molar-refractivity contribution is 8.21. The quantitative estimate of drug-likeness (QED) is 0.647. The molecule has 174 valence electrons. The van der Waals surface area contributed by atoms with Gasteiger partial charge in [-0.15, -0.1) is 23.5 Å². The van der Waals surface area contributed by atoms with Crippen molar-refractivity contribution < 1.29 is 19.5 Å².